The fourth-order valence-corrected chi connectivity index (χ4v) is 3.92. The molecule has 2 rings (SSSR count). The monoisotopic (exact) mass is 300 g/mol. The summed E-state index contributed by atoms with van der Waals surface area (Å²) in [6.07, 6.45) is 2.43. The van der Waals surface area contributed by atoms with Gasteiger partial charge in [0, 0.05) is 25.4 Å². The molecule has 0 radical (unpaired) electrons. The molecule has 2 N–H and O–H groups in total. The van der Waals surface area contributed by atoms with Gasteiger partial charge in [0.15, 0.2) is 0 Å². The van der Waals surface area contributed by atoms with Gasteiger partial charge in [-0.15, -0.1) is 0 Å². The molecule has 1 saturated heterocycles. The van der Waals surface area contributed by atoms with E-state index in [9.17, 15) is 18.3 Å². The minimum absolute atomic E-state index is 0.0657. The van der Waals surface area contributed by atoms with Crippen LogP contribution in [0.1, 0.15) is 12.0 Å². The molecule has 0 unspecified atom stereocenters. The summed E-state index contributed by atoms with van der Waals surface area (Å²) in [7, 11) is -3.71. The smallest absolute Gasteiger partial charge is 0.322 e. The largest absolute Gasteiger partial charge is 0.480 e. The molecular weight excluding hydrogens is 284 g/mol. The number of carboxylic acid groups (broad SMARTS) is 1. The Morgan fingerprint density at radius 2 is 2.05 bits per heavy atom. The second-order valence-corrected chi connectivity index (χ2v) is 6.78. The summed E-state index contributed by atoms with van der Waals surface area (Å²) in [4.78, 5) is 14.9. The van der Waals surface area contributed by atoms with Crippen molar-refractivity contribution in [2.24, 2.45) is 0 Å². The Morgan fingerprint density at radius 1 is 1.40 bits per heavy atom. The van der Waals surface area contributed by atoms with E-state index in [0.29, 0.717) is 0 Å². The molecule has 0 saturated carbocycles. The van der Waals surface area contributed by atoms with E-state index in [-0.39, 0.29) is 25.1 Å². The van der Waals surface area contributed by atoms with Gasteiger partial charge < -0.3 is 10.2 Å². The molecule has 7 nitrogen and oxygen atoms in total. The number of carboxylic acids is 1. The maximum absolute atomic E-state index is 12.2. The molecule has 0 aliphatic carbocycles. The van der Waals surface area contributed by atoms with Gasteiger partial charge in [-0.1, -0.05) is 0 Å². The zero-order valence-electron chi connectivity index (χ0n) is 10.7. The highest BCUT2D eigenvalue weighted by Gasteiger charge is 2.42. The Labute approximate surface area is 116 Å². The fourth-order valence-electron chi connectivity index (χ4n) is 2.23. The number of aromatic nitrogens is 1. The van der Waals surface area contributed by atoms with Crippen LogP contribution in [-0.4, -0.2) is 58.3 Å². The number of aliphatic carboxylic acids is 1. The molecule has 110 valence electrons. The summed E-state index contributed by atoms with van der Waals surface area (Å²) in [6, 6.07) is 2.25. The lowest BCUT2D eigenvalue weighted by molar-refractivity contribution is -0.140. The first kappa shape index (κ1) is 14.9. The topological polar surface area (TPSA) is 108 Å². The molecule has 0 spiro atoms. The number of pyridine rings is 1. The number of aliphatic hydroxyl groups is 1. The number of rotatable bonds is 5. The predicted molar refractivity (Wildman–Crippen MR) is 70.5 cm³/mol. The lowest BCUT2D eigenvalue weighted by Crippen LogP contribution is -2.42. The molecule has 1 aromatic rings. The number of β-amino-alcohol motifs (C(OH)–C–C–N with tert-alkyl or cyclic N) is 1. The van der Waals surface area contributed by atoms with Crippen molar-refractivity contribution in [2.75, 3.05) is 12.3 Å². The third kappa shape index (κ3) is 3.33. The third-order valence-electron chi connectivity index (χ3n) is 3.27. The lowest BCUT2D eigenvalue weighted by Gasteiger charge is -2.20. The van der Waals surface area contributed by atoms with E-state index in [4.69, 9.17) is 5.11 Å². The van der Waals surface area contributed by atoms with E-state index in [1.165, 1.54) is 0 Å². The summed E-state index contributed by atoms with van der Waals surface area (Å²) < 4.78 is 25.3. The van der Waals surface area contributed by atoms with E-state index in [1.54, 1.807) is 24.5 Å². The molecule has 0 aromatic carbocycles. The normalized spacial score (nSPS) is 23.9. The van der Waals surface area contributed by atoms with E-state index < -0.39 is 28.1 Å². The van der Waals surface area contributed by atoms with Crippen molar-refractivity contribution in [3.8, 4) is 0 Å². The standard InChI is InChI=1S/C12H16N2O5S/c15-10-7-11(12(16)17)14(8-10)20(18,19)6-3-9-1-4-13-5-2-9/h1-2,4-5,10-11,15H,3,6-8H2,(H,16,17)/t10-,11-/m0/s1. The summed E-state index contributed by atoms with van der Waals surface area (Å²) >= 11 is 0. The van der Waals surface area contributed by atoms with Crippen LogP contribution in [0, 0.1) is 0 Å². The van der Waals surface area contributed by atoms with Crippen molar-refractivity contribution in [2.45, 2.75) is 25.0 Å². The Hall–Kier alpha value is -1.51. The van der Waals surface area contributed by atoms with E-state index in [2.05, 4.69) is 4.98 Å². The SMILES string of the molecule is O=C(O)[C@@H]1C[C@H](O)CN1S(=O)(=O)CCc1ccncc1. The van der Waals surface area contributed by atoms with E-state index in [1.807, 2.05) is 0 Å². The Balaban J connectivity index is 2.08. The minimum Gasteiger partial charge on any atom is -0.480 e. The summed E-state index contributed by atoms with van der Waals surface area (Å²) in [5.74, 6) is -1.41. The van der Waals surface area contributed by atoms with Crippen molar-refractivity contribution in [1.82, 2.24) is 9.29 Å². The summed E-state index contributed by atoms with van der Waals surface area (Å²) in [6.45, 7) is -0.157. The minimum atomic E-state index is -3.71. The van der Waals surface area contributed by atoms with Crippen LogP contribution < -0.4 is 0 Å². The van der Waals surface area contributed by atoms with Gasteiger partial charge in [0.25, 0.3) is 0 Å². The number of aliphatic hydroxyl groups excluding tert-OH is 1. The van der Waals surface area contributed by atoms with Crippen molar-refractivity contribution < 1.29 is 23.4 Å². The van der Waals surface area contributed by atoms with Gasteiger partial charge in [-0.2, -0.15) is 4.31 Å². The third-order valence-corrected chi connectivity index (χ3v) is 5.11. The van der Waals surface area contributed by atoms with Gasteiger partial charge in [-0.25, -0.2) is 8.42 Å². The molecular formula is C12H16N2O5S. The first-order chi connectivity index (χ1) is 9.40. The van der Waals surface area contributed by atoms with E-state index in [0.717, 1.165) is 9.87 Å². The average molecular weight is 300 g/mol. The van der Waals surface area contributed by atoms with E-state index >= 15 is 0 Å². The van der Waals surface area contributed by atoms with Crippen molar-refractivity contribution in [3.63, 3.8) is 0 Å². The molecule has 1 aliphatic heterocycles. The van der Waals surface area contributed by atoms with Crippen LogP contribution in [0.2, 0.25) is 0 Å². The van der Waals surface area contributed by atoms with Crippen LogP contribution >= 0.6 is 0 Å². The summed E-state index contributed by atoms with van der Waals surface area (Å²) in [5, 5.41) is 18.5. The van der Waals surface area contributed by atoms with Crippen molar-refractivity contribution in [1.29, 1.82) is 0 Å². The van der Waals surface area contributed by atoms with Crippen LogP contribution in [-0.2, 0) is 21.2 Å². The van der Waals surface area contributed by atoms with Crippen LogP contribution in [0.15, 0.2) is 24.5 Å². The van der Waals surface area contributed by atoms with Gasteiger partial charge in [-0.3, -0.25) is 9.78 Å². The van der Waals surface area contributed by atoms with Crippen LogP contribution in [0.3, 0.4) is 0 Å². The average Bonchev–Trinajstić information content (AvgIpc) is 2.81. The summed E-state index contributed by atoms with van der Waals surface area (Å²) in [5.41, 5.74) is 0.815. The molecule has 0 bridgehead atoms. The second-order valence-electron chi connectivity index (χ2n) is 4.73. The van der Waals surface area contributed by atoms with Crippen LogP contribution in [0.4, 0.5) is 0 Å². The molecule has 1 fully saturated rings. The molecule has 1 aliphatic rings. The van der Waals surface area contributed by atoms with Crippen LogP contribution in [0.5, 0.6) is 0 Å². The number of aryl methyl sites for hydroxylation is 1. The zero-order chi connectivity index (χ0) is 14.8. The van der Waals surface area contributed by atoms with Gasteiger partial charge >= 0.3 is 5.97 Å². The number of hydrogen-bond donors (Lipinski definition) is 2. The lowest BCUT2D eigenvalue weighted by atomic mass is 10.2. The molecule has 8 heteroatoms. The zero-order valence-corrected chi connectivity index (χ0v) is 11.5. The first-order valence-electron chi connectivity index (χ1n) is 6.19. The first-order valence-corrected chi connectivity index (χ1v) is 7.80. The number of carbonyl (C=O) groups is 1. The van der Waals surface area contributed by atoms with Crippen molar-refractivity contribution >= 4 is 16.0 Å². The molecule has 0 amide bonds. The maximum Gasteiger partial charge on any atom is 0.322 e. The quantitative estimate of drug-likeness (QED) is 0.757. The fraction of sp³-hybridized carbons (Fsp3) is 0.500. The highest BCUT2D eigenvalue weighted by Crippen LogP contribution is 2.22. The molecule has 2 heterocycles. The maximum atomic E-state index is 12.2. The highest BCUT2D eigenvalue weighted by atomic mass is 32.2. The number of sulfonamides is 1. The molecule has 1 aromatic heterocycles. The Kier molecular flexibility index (Phi) is 4.36. The molecule has 2 atom stereocenters. The Bertz CT molecular complexity index is 575. The van der Waals surface area contributed by atoms with Crippen molar-refractivity contribution in [3.05, 3.63) is 30.1 Å². The number of nitrogens with zero attached hydrogens (tertiary/aromatic N) is 2. The molecule has 20 heavy (non-hydrogen) atoms. The Morgan fingerprint density at radius 3 is 2.65 bits per heavy atom. The predicted octanol–water partition coefficient (Wildman–Crippen LogP) is -0.526. The van der Waals surface area contributed by atoms with Crippen LogP contribution in [0.25, 0.3) is 0 Å². The van der Waals surface area contributed by atoms with Gasteiger partial charge in [0.05, 0.1) is 11.9 Å². The highest BCUT2D eigenvalue weighted by molar-refractivity contribution is 7.89. The van der Waals surface area contributed by atoms with Gasteiger partial charge in [0.1, 0.15) is 6.04 Å². The van der Waals surface area contributed by atoms with Gasteiger partial charge in [0.2, 0.25) is 10.0 Å². The number of hydrogen-bond acceptors (Lipinski definition) is 5. The van der Waals surface area contributed by atoms with Gasteiger partial charge in [-0.05, 0) is 24.1 Å². The second kappa shape index (κ2) is 5.86.